The highest BCUT2D eigenvalue weighted by molar-refractivity contribution is 4.97. The maximum absolute atomic E-state index is 9.49. The van der Waals surface area contributed by atoms with Crippen LogP contribution in [0.1, 0.15) is 72.6 Å². The van der Waals surface area contributed by atoms with E-state index < -0.39 is 0 Å². The molecule has 1 aliphatic carbocycles. The van der Waals surface area contributed by atoms with Gasteiger partial charge in [0.2, 0.25) is 0 Å². The molecule has 2 heteroatoms. The summed E-state index contributed by atoms with van der Waals surface area (Å²) in [6, 6.07) is 3.11. The molecule has 0 aromatic carbocycles. The molecule has 0 bridgehead atoms. The highest BCUT2D eigenvalue weighted by Gasteiger charge is 2.34. The van der Waals surface area contributed by atoms with Crippen LogP contribution in [0.2, 0.25) is 0 Å². The fourth-order valence-electron chi connectivity index (χ4n) is 3.83. The minimum absolute atomic E-state index is 0.261. The third kappa shape index (κ3) is 4.77. The van der Waals surface area contributed by atoms with Crippen LogP contribution in [-0.2, 0) is 0 Å². The van der Waals surface area contributed by atoms with Crippen molar-refractivity contribution >= 4 is 0 Å². The topological polar surface area (TPSA) is 27.0 Å². The number of hydrogen-bond donors (Lipinski definition) is 0. The summed E-state index contributed by atoms with van der Waals surface area (Å²) in [4.78, 5) is 2.62. The van der Waals surface area contributed by atoms with Gasteiger partial charge < -0.3 is 0 Å². The first-order valence-corrected chi connectivity index (χ1v) is 8.83. The zero-order chi connectivity index (χ0) is 15.0. The Kier molecular flexibility index (Phi) is 8.22. The van der Waals surface area contributed by atoms with E-state index in [2.05, 4.69) is 38.7 Å². The monoisotopic (exact) mass is 278 g/mol. The lowest BCUT2D eigenvalue weighted by Crippen LogP contribution is -2.46. The summed E-state index contributed by atoms with van der Waals surface area (Å²) >= 11 is 0. The maximum atomic E-state index is 9.49. The van der Waals surface area contributed by atoms with Gasteiger partial charge in [-0.25, -0.2) is 0 Å². The normalized spacial score (nSPS) is 26.9. The second-order valence-corrected chi connectivity index (χ2v) is 6.54. The number of nitrogens with zero attached hydrogens (tertiary/aromatic N) is 2. The Morgan fingerprint density at radius 3 is 2.35 bits per heavy atom. The van der Waals surface area contributed by atoms with Gasteiger partial charge in [0.1, 0.15) is 0 Å². The first kappa shape index (κ1) is 17.5. The van der Waals surface area contributed by atoms with Crippen molar-refractivity contribution in [2.24, 2.45) is 17.8 Å². The van der Waals surface area contributed by atoms with Crippen molar-refractivity contribution in [1.82, 2.24) is 4.90 Å². The average Bonchev–Trinajstić information content (AvgIpc) is 2.49. The van der Waals surface area contributed by atoms with E-state index in [9.17, 15) is 5.26 Å². The van der Waals surface area contributed by atoms with Crippen molar-refractivity contribution in [3.05, 3.63) is 0 Å². The zero-order valence-corrected chi connectivity index (χ0v) is 14.1. The molecule has 1 rings (SSSR count). The lowest BCUT2D eigenvalue weighted by atomic mass is 9.76. The Morgan fingerprint density at radius 1 is 1.15 bits per heavy atom. The summed E-state index contributed by atoms with van der Waals surface area (Å²) < 4.78 is 0. The Morgan fingerprint density at radius 2 is 1.85 bits per heavy atom. The molecule has 0 amide bonds. The van der Waals surface area contributed by atoms with Gasteiger partial charge >= 0.3 is 0 Å². The standard InChI is InChI=1S/C18H34N2/c1-5-9-16-10-11-17(13-19)18(12-16)20(8-4)14-15(6-2)7-3/h15-18H,5-12,14H2,1-4H3. The van der Waals surface area contributed by atoms with Crippen LogP contribution in [0.25, 0.3) is 0 Å². The van der Waals surface area contributed by atoms with Gasteiger partial charge in [0.05, 0.1) is 12.0 Å². The molecule has 0 aromatic heterocycles. The van der Waals surface area contributed by atoms with E-state index in [4.69, 9.17) is 0 Å². The zero-order valence-electron chi connectivity index (χ0n) is 14.1. The van der Waals surface area contributed by atoms with E-state index >= 15 is 0 Å². The van der Waals surface area contributed by atoms with Crippen LogP contribution >= 0.6 is 0 Å². The van der Waals surface area contributed by atoms with E-state index in [-0.39, 0.29) is 5.92 Å². The molecule has 1 aliphatic rings. The predicted molar refractivity (Wildman–Crippen MR) is 86.5 cm³/mol. The van der Waals surface area contributed by atoms with Crippen molar-refractivity contribution in [2.45, 2.75) is 78.7 Å². The molecule has 0 aliphatic heterocycles. The molecule has 0 radical (unpaired) electrons. The van der Waals surface area contributed by atoms with Crippen LogP contribution in [0, 0.1) is 29.1 Å². The average molecular weight is 278 g/mol. The molecule has 0 aromatic rings. The van der Waals surface area contributed by atoms with Gasteiger partial charge in [-0.2, -0.15) is 5.26 Å². The van der Waals surface area contributed by atoms with Gasteiger partial charge in [0.15, 0.2) is 0 Å². The van der Waals surface area contributed by atoms with Crippen LogP contribution < -0.4 is 0 Å². The number of hydrogen-bond acceptors (Lipinski definition) is 2. The van der Waals surface area contributed by atoms with E-state index in [0.29, 0.717) is 6.04 Å². The lowest BCUT2D eigenvalue weighted by molar-refractivity contribution is 0.0860. The van der Waals surface area contributed by atoms with Gasteiger partial charge in [0.25, 0.3) is 0 Å². The summed E-state index contributed by atoms with van der Waals surface area (Å²) in [7, 11) is 0. The molecule has 3 atom stereocenters. The van der Waals surface area contributed by atoms with Crippen molar-refractivity contribution in [1.29, 1.82) is 5.26 Å². The SMILES string of the molecule is CCCC1CCC(C#N)C(N(CC)CC(CC)CC)C1. The second-order valence-electron chi connectivity index (χ2n) is 6.54. The van der Waals surface area contributed by atoms with Gasteiger partial charge in [-0.1, -0.05) is 53.4 Å². The highest BCUT2D eigenvalue weighted by atomic mass is 15.2. The first-order valence-electron chi connectivity index (χ1n) is 8.83. The Bertz CT molecular complexity index is 290. The van der Waals surface area contributed by atoms with Crippen LogP contribution in [0.4, 0.5) is 0 Å². The number of rotatable bonds is 8. The fourth-order valence-corrected chi connectivity index (χ4v) is 3.83. The van der Waals surface area contributed by atoms with Crippen LogP contribution in [0.15, 0.2) is 0 Å². The van der Waals surface area contributed by atoms with Crippen molar-refractivity contribution in [2.75, 3.05) is 13.1 Å². The molecule has 0 saturated heterocycles. The third-order valence-corrected chi connectivity index (χ3v) is 5.31. The van der Waals surface area contributed by atoms with E-state index in [1.165, 1.54) is 45.1 Å². The lowest BCUT2D eigenvalue weighted by Gasteiger charge is -2.41. The van der Waals surface area contributed by atoms with Gasteiger partial charge in [0, 0.05) is 12.6 Å². The van der Waals surface area contributed by atoms with Gasteiger partial charge in [-0.3, -0.25) is 4.90 Å². The minimum atomic E-state index is 0.261. The van der Waals surface area contributed by atoms with E-state index in [1.807, 2.05) is 0 Å². The van der Waals surface area contributed by atoms with Gasteiger partial charge in [-0.05, 0) is 37.6 Å². The molecule has 116 valence electrons. The largest absolute Gasteiger partial charge is 0.299 e. The smallest absolute Gasteiger partial charge is 0.0672 e. The molecule has 3 unspecified atom stereocenters. The second kappa shape index (κ2) is 9.40. The number of nitriles is 1. The summed E-state index contributed by atoms with van der Waals surface area (Å²) in [5.41, 5.74) is 0. The molecular weight excluding hydrogens is 244 g/mol. The highest BCUT2D eigenvalue weighted by Crippen LogP contribution is 2.35. The molecule has 0 spiro atoms. The summed E-state index contributed by atoms with van der Waals surface area (Å²) in [5.74, 6) is 1.91. The third-order valence-electron chi connectivity index (χ3n) is 5.31. The summed E-state index contributed by atoms with van der Waals surface area (Å²) in [5, 5.41) is 9.49. The van der Waals surface area contributed by atoms with E-state index in [0.717, 1.165) is 24.8 Å². The van der Waals surface area contributed by atoms with Crippen molar-refractivity contribution < 1.29 is 0 Å². The Hall–Kier alpha value is -0.550. The molecule has 20 heavy (non-hydrogen) atoms. The molecule has 0 N–H and O–H groups in total. The molecule has 1 saturated carbocycles. The molecule has 1 fully saturated rings. The van der Waals surface area contributed by atoms with Crippen LogP contribution in [0.3, 0.4) is 0 Å². The fraction of sp³-hybridized carbons (Fsp3) is 0.944. The minimum Gasteiger partial charge on any atom is -0.299 e. The van der Waals surface area contributed by atoms with E-state index in [1.54, 1.807) is 0 Å². The van der Waals surface area contributed by atoms with Crippen LogP contribution in [0.5, 0.6) is 0 Å². The molecular formula is C18H34N2. The van der Waals surface area contributed by atoms with Crippen molar-refractivity contribution in [3.63, 3.8) is 0 Å². The quantitative estimate of drug-likeness (QED) is 0.634. The molecule has 0 heterocycles. The van der Waals surface area contributed by atoms with Crippen LogP contribution in [-0.4, -0.2) is 24.0 Å². The Labute approximate surface area is 126 Å². The summed E-state index contributed by atoms with van der Waals surface area (Å²) in [6.07, 6.45) is 8.78. The molecule has 2 nitrogen and oxygen atoms in total. The maximum Gasteiger partial charge on any atom is 0.0672 e. The Balaban J connectivity index is 2.71. The van der Waals surface area contributed by atoms with Crippen molar-refractivity contribution in [3.8, 4) is 6.07 Å². The predicted octanol–water partition coefficient (Wildman–Crippen LogP) is 4.85. The summed E-state index contributed by atoms with van der Waals surface area (Å²) in [6.45, 7) is 11.4. The first-order chi connectivity index (χ1) is 9.69. The van der Waals surface area contributed by atoms with Gasteiger partial charge in [-0.15, -0.1) is 0 Å².